The Morgan fingerprint density at radius 3 is 2.72 bits per heavy atom. The summed E-state index contributed by atoms with van der Waals surface area (Å²) in [6.07, 6.45) is 2.05. The molecule has 1 aliphatic rings. The van der Waals surface area contributed by atoms with Crippen LogP contribution in [0.5, 0.6) is 0 Å². The van der Waals surface area contributed by atoms with E-state index in [0.717, 1.165) is 28.7 Å². The molecule has 1 fully saturated rings. The van der Waals surface area contributed by atoms with Gasteiger partial charge in [0.15, 0.2) is 15.4 Å². The van der Waals surface area contributed by atoms with E-state index in [-0.39, 0.29) is 0 Å². The first-order valence-electron chi connectivity index (χ1n) is 5.25. The van der Waals surface area contributed by atoms with E-state index in [9.17, 15) is 9.90 Å². The Bertz CT molecular complexity index is 611. The Hall–Kier alpha value is -0.660. The van der Waals surface area contributed by atoms with E-state index < -0.39 is 5.97 Å². The van der Waals surface area contributed by atoms with Crippen molar-refractivity contribution >= 4 is 49.2 Å². The van der Waals surface area contributed by atoms with E-state index in [4.69, 9.17) is 4.42 Å². The molecule has 2 aromatic rings. The Morgan fingerprint density at radius 1 is 1.50 bits per heavy atom. The zero-order chi connectivity index (χ0) is 12.9. The normalized spacial score (nSPS) is 15.0. The minimum Gasteiger partial charge on any atom is -0.477 e. The number of nitrogens with zero attached hydrogens (tertiary/aromatic N) is 1. The molecule has 94 valence electrons. The summed E-state index contributed by atoms with van der Waals surface area (Å²) in [4.78, 5) is 15.9. The van der Waals surface area contributed by atoms with E-state index in [1.54, 1.807) is 6.07 Å². The highest BCUT2D eigenvalue weighted by Crippen LogP contribution is 2.45. The highest BCUT2D eigenvalue weighted by Gasteiger charge is 2.32. The zero-order valence-electron chi connectivity index (χ0n) is 8.94. The van der Waals surface area contributed by atoms with Gasteiger partial charge in [0.1, 0.15) is 4.88 Å². The number of aromatic carboxylic acids is 1. The molecule has 0 aromatic carbocycles. The lowest BCUT2D eigenvalue weighted by atomic mass is 10.2. The zero-order valence-corrected chi connectivity index (χ0v) is 12.9. The van der Waals surface area contributed by atoms with Gasteiger partial charge in [0, 0.05) is 12.0 Å². The van der Waals surface area contributed by atoms with Gasteiger partial charge in [0.2, 0.25) is 0 Å². The fourth-order valence-electron chi connectivity index (χ4n) is 1.68. The van der Waals surface area contributed by atoms with Crippen molar-refractivity contribution in [2.75, 3.05) is 0 Å². The van der Waals surface area contributed by atoms with Gasteiger partial charge in [-0.15, -0.1) is 11.3 Å². The van der Waals surface area contributed by atoms with E-state index in [1.807, 2.05) is 0 Å². The van der Waals surface area contributed by atoms with E-state index >= 15 is 0 Å². The molecule has 1 aliphatic carbocycles. The van der Waals surface area contributed by atoms with Crippen LogP contribution in [0.3, 0.4) is 0 Å². The van der Waals surface area contributed by atoms with Crippen LogP contribution in [-0.4, -0.2) is 16.1 Å². The van der Waals surface area contributed by atoms with Crippen molar-refractivity contribution < 1.29 is 14.3 Å². The topological polar surface area (TPSA) is 63.3 Å². The minimum absolute atomic E-state index is 0.308. The van der Waals surface area contributed by atoms with Gasteiger partial charge >= 0.3 is 5.97 Å². The second-order valence-corrected chi connectivity index (χ2v) is 6.62. The van der Waals surface area contributed by atoms with Crippen LogP contribution in [-0.2, 0) is 0 Å². The molecule has 0 atom stereocenters. The van der Waals surface area contributed by atoms with Gasteiger partial charge in [0.05, 0.1) is 10.2 Å². The Balaban J connectivity index is 2.07. The van der Waals surface area contributed by atoms with Crippen molar-refractivity contribution in [3.05, 3.63) is 25.8 Å². The smallest absolute Gasteiger partial charge is 0.347 e. The summed E-state index contributed by atoms with van der Waals surface area (Å²) in [6, 6.07) is 1.78. The van der Waals surface area contributed by atoms with Gasteiger partial charge in [0.25, 0.3) is 0 Å². The average Bonchev–Trinajstić information content (AvgIpc) is 2.97. The Morgan fingerprint density at radius 2 is 2.22 bits per heavy atom. The van der Waals surface area contributed by atoms with Crippen LogP contribution in [0.25, 0.3) is 10.8 Å². The molecule has 0 aliphatic heterocycles. The van der Waals surface area contributed by atoms with Crippen molar-refractivity contribution in [2.24, 2.45) is 0 Å². The first-order chi connectivity index (χ1) is 8.56. The summed E-state index contributed by atoms with van der Waals surface area (Å²) in [6.45, 7) is 0. The first-order valence-corrected chi connectivity index (χ1v) is 7.65. The second kappa shape index (κ2) is 4.47. The van der Waals surface area contributed by atoms with Crippen LogP contribution in [0.1, 0.15) is 34.1 Å². The highest BCUT2D eigenvalue weighted by atomic mass is 79.9. The third kappa shape index (κ3) is 2.15. The number of carboxylic acid groups (broad SMARTS) is 1. The average molecular weight is 393 g/mol. The third-order valence-electron chi connectivity index (χ3n) is 2.67. The summed E-state index contributed by atoms with van der Waals surface area (Å²) in [5, 5.41) is 9.80. The molecule has 0 bridgehead atoms. The molecule has 0 radical (unpaired) electrons. The summed E-state index contributed by atoms with van der Waals surface area (Å²) in [5.41, 5.74) is 0.700. The van der Waals surface area contributed by atoms with Crippen LogP contribution >= 0.6 is 43.2 Å². The van der Waals surface area contributed by atoms with Crippen molar-refractivity contribution in [3.8, 4) is 10.8 Å². The number of carbonyl (C=O) groups is 1. The maximum absolute atomic E-state index is 11.2. The number of hydrogen-bond acceptors (Lipinski definition) is 4. The van der Waals surface area contributed by atoms with Crippen molar-refractivity contribution in [2.45, 2.75) is 18.8 Å². The molecule has 1 N–H and O–H groups in total. The predicted octanol–water partition coefficient (Wildman–Crippen LogP) is 4.50. The second-order valence-electron chi connectivity index (χ2n) is 4.05. The molecule has 18 heavy (non-hydrogen) atoms. The van der Waals surface area contributed by atoms with E-state index in [2.05, 4.69) is 36.8 Å². The number of rotatable bonds is 3. The fraction of sp³-hybridized carbons (Fsp3) is 0.273. The molecular formula is C11H7Br2NO3S. The van der Waals surface area contributed by atoms with Crippen LogP contribution in [0.4, 0.5) is 0 Å². The molecule has 0 amide bonds. The predicted molar refractivity (Wildman–Crippen MR) is 74.2 cm³/mol. The number of aromatic nitrogens is 1. The standard InChI is InChI=1S/C11H7Br2NO3S/c12-5-3-6(17-9(5)13)10-14-7(4-1-2-4)8(18-10)11(15)16/h3-4H,1-2H2,(H,15,16). The number of carboxylic acids is 1. The number of hydrogen-bond donors (Lipinski definition) is 1. The summed E-state index contributed by atoms with van der Waals surface area (Å²) >= 11 is 7.75. The number of halogens is 2. The lowest BCUT2D eigenvalue weighted by Gasteiger charge is -1.91. The summed E-state index contributed by atoms with van der Waals surface area (Å²) < 4.78 is 6.84. The van der Waals surface area contributed by atoms with Crippen LogP contribution in [0.2, 0.25) is 0 Å². The molecule has 1 saturated carbocycles. The summed E-state index contributed by atoms with van der Waals surface area (Å²) in [7, 11) is 0. The van der Waals surface area contributed by atoms with Gasteiger partial charge in [-0.05, 0) is 44.7 Å². The van der Waals surface area contributed by atoms with Gasteiger partial charge in [-0.25, -0.2) is 9.78 Å². The maximum atomic E-state index is 11.2. The molecule has 0 spiro atoms. The van der Waals surface area contributed by atoms with Gasteiger partial charge in [-0.2, -0.15) is 0 Å². The minimum atomic E-state index is -0.912. The van der Waals surface area contributed by atoms with Crippen molar-refractivity contribution in [1.82, 2.24) is 4.98 Å². The number of furan rings is 1. The lowest BCUT2D eigenvalue weighted by Crippen LogP contribution is -1.97. The molecule has 0 saturated heterocycles. The molecular weight excluding hydrogens is 386 g/mol. The molecule has 7 heteroatoms. The largest absolute Gasteiger partial charge is 0.477 e. The molecule has 2 aromatic heterocycles. The van der Waals surface area contributed by atoms with Crippen LogP contribution < -0.4 is 0 Å². The monoisotopic (exact) mass is 391 g/mol. The van der Waals surface area contributed by atoms with E-state index in [0.29, 0.717) is 31.9 Å². The highest BCUT2D eigenvalue weighted by molar-refractivity contribution is 9.13. The Kier molecular flexibility index (Phi) is 3.07. The molecule has 2 heterocycles. The SMILES string of the molecule is O=C(O)c1sc(-c2cc(Br)c(Br)o2)nc1C1CC1. The fourth-order valence-corrected chi connectivity index (χ4v) is 3.20. The Labute approximate surface area is 123 Å². The van der Waals surface area contributed by atoms with Gasteiger partial charge < -0.3 is 9.52 Å². The third-order valence-corrected chi connectivity index (χ3v) is 5.45. The quantitative estimate of drug-likeness (QED) is 0.834. The van der Waals surface area contributed by atoms with Gasteiger partial charge in [-0.3, -0.25) is 0 Å². The molecule has 3 rings (SSSR count). The van der Waals surface area contributed by atoms with E-state index in [1.165, 1.54) is 0 Å². The van der Waals surface area contributed by atoms with Crippen molar-refractivity contribution in [1.29, 1.82) is 0 Å². The lowest BCUT2D eigenvalue weighted by molar-refractivity contribution is 0.0700. The van der Waals surface area contributed by atoms with Crippen LogP contribution in [0.15, 0.2) is 19.6 Å². The van der Waals surface area contributed by atoms with Gasteiger partial charge in [-0.1, -0.05) is 0 Å². The summed E-state index contributed by atoms with van der Waals surface area (Å²) in [5.74, 6) is -0.0265. The number of thiazole rings is 1. The maximum Gasteiger partial charge on any atom is 0.347 e. The van der Waals surface area contributed by atoms with Crippen molar-refractivity contribution in [3.63, 3.8) is 0 Å². The molecule has 0 unspecified atom stereocenters. The first kappa shape index (κ1) is 12.4. The molecule has 4 nitrogen and oxygen atoms in total. The van der Waals surface area contributed by atoms with Crippen LogP contribution in [0, 0.1) is 0 Å².